The number of imidazole rings is 1. The molecule has 7 nitrogen and oxygen atoms in total. The number of piperazine rings is 1. The van der Waals surface area contributed by atoms with Crippen LogP contribution in [0.25, 0.3) is 32.6 Å². The van der Waals surface area contributed by atoms with E-state index in [2.05, 4.69) is 64.2 Å². The second kappa shape index (κ2) is 8.43. The zero-order chi connectivity index (χ0) is 23.4. The minimum atomic E-state index is -0.104. The van der Waals surface area contributed by atoms with Gasteiger partial charge in [-0.25, -0.2) is 4.98 Å². The normalized spacial score (nSPS) is 22.3. The van der Waals surface area contributed by atoms with Crippen LogP contribution in [-0.2, 0) is 0 Å². The minimum absolute atomic E-state index is 0.104. The highest BCUT2D eigenvalue weighted by Crippen LogP contribution is 2.36. The molecule has 2 fully saturated rings. The van der Waals surface area contributed by atoms with Gasteiger partial charge in [-0.15, -0.1) is 11.3 Å². The van der Waals surface area contributed by atoms with Gasteiger partial charge >= 0.3 is 0 Å². The van der Waals surface area contributed by atoms with Gasteiger partial charge in [-0.05, 0) is 63.4 Å². The number of thiophene rings is 1. The van der Waals surface area contributed by atoms with Crippen molar-refractivity contribution in [2.75, 3.05) is 30.4 Å². The topological polar surface area (TPSA) is 80.0 Å². The third-order valence-corrected chi connectivity index (χ3v) is 8.68. The van der Waals surface area contributed by atoms with Crippen molar-refractivity contribution in [1.82, 2.24) is 19.9 Å². The van der Waals surface area contributed by atoms with Gasteiger partial charge < -0.3 is 20.2 Å². The number of likely N-dealkylation sites (N-methyl/N-ethyl adjacent to an activating group) is 1. The summed E-state index contributed by atoms with van der Waals surface area (Å²) in [5.74, 6) is 0.629. The first-order valence-electron chi connectivity index (χ1n) is 12.3. The molecule has 0 amide bonds. The molecule has 3 N–H and O–H groups in total. The Morgan fingerprint density at radius 3 is 2.59 bits per heavy atom. The first-order chi connectivity index (χ1) is 16.5. The van der Waals surface area contributed by atoms with E-state index in [0.29, 0.717) is 29.5 Å². The van der Waals surface area contributed by atoms with Crippen molar-refractivity contribution in [1.29, 1.82) is 0 Å². The summed E-state index contributed by atoms with van der Waals surface area (Å²) in [5, 5.41) is 5.75. The van der Waals surface area contributed by atoms with Gasteiger partial charge in [-0.3, -0.25) is 9.69 Å². The molecule has 0 unspecified atom stereocenters. The fourth-order valence-electron chi connectivity index (χ4n) is 5.58. The van der Waals surface area contributed by atoms with E-state index in [1.165, 1.54) is 18.5 Å². The number of rotatable bonds is 4. The SMILES string of the molecule is C[C@@H]1CN(c2ccc3nc(-c4c(NC5CCCC5)c5sccc5[nH]c4=O)[nH]c3c2)C[C@H](C)N1C. The summed E-state index contributed by atoms with van der Waals surface area (Å²) in [6, 6.07) is 9.78. The molecule has 0 spiro atoms. The molecule has 34 heavy (non-hydrogen) atoms. The summed E-state index contributed by atoms with van der Waals surface area (Å²) in [4.78, 5) is 29.6. The first kappa shape index (κ1) is 21.7. The van der Waals surface area contributed by atoms with Crippen molar-refractivity contribution in [2.45, 2.75) is 57.7 Å². The van der Waals surface area contributed by atoms with Gasteiger partial charge in [0.15, 0.2) is 0 Å². The van der Waals surface area contributed by atoms with Crippen LogP contribution >= 0.6 is 11.3 Å². The van der Waals surface area contributed by atoms with Gasteiger partial charge in [0.25, 0.3) is 5.56 Å². The molecular formula is C26H32N6OS. The Kier molecular flexibility index (Phi) is 5.37. The molecule has 1 saturated heterocycles. The molecule has 4 heterocycles. The maximum atomic E-state index is 13.3. The lowest BCUT2D eigenvalue weighted by atomic mass is 10.1. The molecular weight excluding hydrogens is 444 g/mol. The number of nitrogens with zero attached hydrogens (tertiary/aromatic N) is 3. The standard InChI is InChI=1S/C26H32N6OS/c1-15-13-32(14-16(2)31(15)3)18-8-9-19-21(12-18)29-25(28-19)22-23(27-17-6-4-5-7-17)24-20(10-11-34-24)30-26(22)33/h8-12,15-17H,4-7,13-14H2,1-3H3,(H,28,29)(H2,27,30,33)/t15-,16+. The molecule has 1 aromatic carbocycles. The largest absolute Gasteiger partial charge is 0.380 e. The quantitative estimate of drug-likeness (QED) is 0.386. The van der Waals surface area contributed by atoms with E-state index in [9.17, 15) is 4.79 Å². The second-order valence-corrected chi connectivity index (χ2v) is 11.0. The van der Waals surface area contributed by atoms with E-state index < -0.39 is 0 Å². The van der Waals surface area contributed by atoms with Crippen molar-refractivity contribution in [3.63, 3.8) is 0 Å². The van der Waals surface area contributed by atoms with E-state index in [4.69, 9.17) is 4.98 Å². The molecule has 6 rings (SSSR count). The molecule has 2 aliphatic rings. The Labute approximate surface area is 203 Å². The Morgan fingerprint density at radius 1 is 1.06 bits per heavy atom. The monoisotopic (exact) mass is 476 g/mol. The number of aromatic amines is 2. The van der Waals surface area contributed by atoms with Crippen molar-refractivity contribution in [3.8, 4) is 11.4 Å². The molecule has 1 saturated carbocycles. The average molecular weight is 477 g/mol. The van der Waals surface area contributed by atoms with Crippen LogP contribution < -0.4 is 15.8 Å². The van der Waals surface area contributed by atoms with E-state index >= 15 is 0 Å². The molecule has 0 bridgehead atoms. The van der Waals surface area contributed by atoms with Crippen LogP contribution in [0.15, 0.2) is 34.4 Å². The predicted octanol–water partition coefficient (Wildman–Crippen LogP) is 5.02. The summed E-state index contributed by atoms with van der Waals surface area (Å²) >= 11 is 1.66. The minimum Gasteiger partial charge on any atom is -0.380 e. The first-order valence-corrected chi connectivity index (χ1v) is 13.2. The third-order valence-electron chi connectivity index (χ3n) is 7.75. The lowest BCUT2D eigenvalue weighted by molar-refractivity contribution is 0.170. The fourth-order valence-corrected chi connectivity index (χ4v) is 6.44. The smallest absolute Gasteiger partial charge is 0.261 e. The van der Waals surface area contributed by atoms with Crippen molar-refractivity contribution >= 4 is 44.0 Å². The highest BCUT2D eigenvalue weighted by Gasteiger charge is 2.27. The van der Waals surface area contributed by atoms with Crippen LogP contribution in [0, 0.1) is 0 Å². The average Bonchev–Trinajstić information content (AvgIpc) is 3.57. The Morgan fingerprint density at radius 2 is 1.82 bits per heavy atom. The fraction of sp³-hybridized carbons (Fsp3) is 0.462. The molecule has 0 radical (unpaired) electrons. The van der Waals surface area contributed by atoms with Gasteiger partial charge in [0.2, 0.25) is 0 Å². The summed E-state index contributed by atoms with van der Waals surface area (Å²) in [6.45, 7) is 6.55. The molecule has 1 aliphatic carbocycles. The lowest BCUT2D eigenvalue weighted by Gasteiger charge is -2.43. The molecule has 4 aromatic rings. The third kappa shape index (κ3) is 3.69. The van der Waals surface area contributed by atoms with Gasteiger partial charge in [-0.1, -0.05) is 12.8 Å². The van der Waals surface area contributed by atoms with Crippen molar-refractivity contribution in [2.24, 2.45) is 0 Å². The van der Waals surface area contributed by atoms with E-state index in [0.717, 1.165) is 52.9 Å². The molecule has 8 heteroatoms. The number of hydrogen-bond donors (Lipinski definition) is 3. The maximum Gasteiger partial charge on any atom is 0.261 e. The number of aromatic nitrogens is 3. The summed E-state index contributed by atoms with van der Waals surface area (Å²) < 4.78 is 1.09. The summed E-state index contributed by atoms with van der Waals surface area (Å²) in [7, 11) is 2.20. The molecule has 178 valence electrons. The second-order valence-electron chi connectivity index (χ2n) is 10.0. The van der Waals surface area contributed by atoms with Crippen LogP contribution in [-0.4, -0.2) is 58.1 Å². The predicted molar refractivity (Wildman–Crippen MR) is 142 cm³/mol. The number of H-pyrrole nitrogens is 2. The van der Waals surface area contributed by atoms with Crippen molar-refractivity contribution < 1.29 is 0 Å². The van der Waals surface area contributed by atoms with E-state index in [1.807, 2.05) is 11.4 Å². The Bertz CT molecular complexity index is 1390. The number of pyridine rings is 1. The molecule has 2 atom stereocenters. The summed E-state index contributed by atoms with van der Waals surface area (Å²) in [6.07, 6.45) is 4.76. The molecule has 1 aliphatic heterocycles. The highest BCUT2D eigenvalue weighted by atomic mass is 32.1. The number of fused-ring (bicyclic) bond motifs is 2. The maximum absolute atomic E-state index is 13.3. The zero-order valence-electron chi connectivity index (χ0n) is 20.0. The number of anilines is 2. The van der Waals surface area contributed by atoms with Gasteiger partial charge in [0, 0.05) is 36.9 Å². The van der Waals surface area contributed by atoms with Crippen LogP contribution in [0.2, 0.25) is 0 Å². The van der Waals surface area contributed by atoms with Gasteiger partial charge in [0.05, 0.1) is 26.9 Å². The number of hydrogen-bond acceptors (Lipinski definition) is 6. The zero-order valence-corrected chi connectivity index (χ0v) is 20.8. The Hall–Kier alpha value is -2.84. The van der Waals surface area contributed by atoms with E-state index in [-0.39, 0.29) is 5.56 Å². The van der Waals surface area contributed by atoms with Crippen LogP contribution in [0.4, 0.5) is 11.4 Å². The number of benzene rings is 1. The van der Waals surface area contributed by atoms with Gasteiger partial charge in [-0.2, -0.15) is 0 Å². The van der Waals surface area contributed by atoms with E-state index in [1.54, 1.807) is 11.3 Å². The highest BCUT2D eigenvalue weighted by molar-refractivity contribution is 7.17. The van der Waals surface area contributed by atoms with Crippen LogP contribution in [0.1, 0.15) is 39.5 Å². The van der Waals surface area contributed by atoms with Crippen molar-refractivity contribution in [3.05, 3.63) is 40.0 Å². The van der Waals surface area contributed by atoms with Crippen LogP contribution in [0.5, 0.6) is 0 Å². The van der Waals surface area contributed by atoms with Crippen LogP contribution in [0.3, 0.4) is 0 Å². The lowest BCUT2D eigenvalue weighted by Crippen LogP contribution is -2.55. The Balaban J connectivity index is 1.41. The molecule has 3 aromatic heterocycles. The summed E-state index contributed by atoms with van der Waals surface area (Å²) in [5.41, 5.74) is 5.35. The number of nitrogens with one attached hydrogen (secondary N) is 3. The van der Waals surface area contributed by atoms with Gasteiger partial charge in [0.1, 0.15) is 11.4 Å².